The summed E-state index contributed by atoms with van der Waals surface area (Å²) in [6.07, 6.45) is 7.80. The van der Waals surface area contributed by atoms with Gasteiger partial charge >= 0.3 is 0 Å². The van der Waals surface area contributed by atoms with E-state index in [-0.39, 0.29) is 5.69 Å². The Morgan fingerprint density at radius 1 is 1.42 bits per heavy atom. The van der Waals surface area contributed by atoms with Gasteiger partial charge in [0.25, 0.3) is 0 Å². The minimum atomic E-state index is -0.477. The number of aromatic amines is 1. The van der Waals surface area contributed by atoms with Gasteiger partial charge in [-0.3, -0.25) is 5.10 Å². The molecular formula is C17H21FN6. The number of pyridine rings is 1. The molecule has 3 rings (SSSR count). The third-order valence-electron chi connectivity index (χ3n) is 3.30. The van der Waals surface area contributed by atoms with Crippen LogP contribution in [0.4, 0.5) is 10.2 Å². The summed E-state index contributed by atoms with van der Waals surface area (Å²) < 4.78 is 16.0. The second-order valence-corrected chi connectivity index (χ2v) is 4.71. The molecule has 0 amide bonds. The van der Waals surface area contributed by atoms with Gasteiger partial charge in [0, 0.05) is 11.8 Å². The van der Waals surface area contributed by atoms with E-state index in [0.29, 0.717) is 28.1 Å². The van der Waals surface area contributed by atoms with E-state index in [0.717, 1.165) is 6.42 Å². The van der Waals surface area contributed by atoms with Crippen molar-refractivity contribution in [2.75, 3.05) is 5.73 Å². The number of anilines is 1. The van der Waals surface area contributed by atoms with Crippen LogP contribution in [0.15, 0.2) is 24.9 Å². The minimum absolute atomic E-state index is 0.183. The maximum atomic E-state index is 14.4. The Kier molecular flexibility index (Phi) is 5.47. The van der Waals surface area contributed by atoms with Crippen molar-refractivity contribution in [3.8, 4) is 11.3 Å². The van der Waals surface area contributed by atoms with Crippen molar-refractivity contribution in [3.63, 3.8) is 0 Å². The van der Waals surface area contributed by atoms with Crippen LogP contribution in [0.25, 0.3) is 34.6 Å². The Balaban J connectivity index is 0.00000100. The van der Waals surface area contributed by atoms with Crippen molar-refractivity contribution < 1.29 is 4.39 Å². The maximum absolute atomic E-state index is 14.4. The van der Waals surface area contributed by atoms with Gasteiger partial charge in [0.05, 0.1) is 17.3 Å². The van der Waals surface area contributed by atoms with Crippen molar-refractivity contribution in [2.45, 2.75) is 27.2 Å². The van der Waals surface area contributed by atoms with Crippen LogP contribution < -0.4 is 5.73 Å². The van der Waals surface area contributed by atoms with Crippen molar-refractivity contribution in [1.82, 2.24) is 25.0 Å². The number of allylic oxidation sites excluding steroid dienone is 1. The molecule has 3 aromatic heterocycles. The highest BCUT2D eigenvalue weighted by atomic mass is 19.1. The van der Waals surface area contributed by atoms with Crippen molar-refractivity contribution in [3.05, 3.63) is 36.4 Å². The summed E-state index contributed by atoms with van der Waals surface area (Å²) in [5.41, 5.74) is 7.53. The number of nitrogen functional groups attached to an aromatic ring is 1. The van der Waals surface area contributed by atoms with Crippen molar-refractivity contribution in [1.29, 1.82) is 0 Å². The molecule has 6 nitrogen and oxygen atoms in total. The molecule has 0 saturated carbocycles. The molecule has 24 heavy (non-hydrogen) atoms. The summed E-state index contributed by atoms with van der Waals surface area (Å²) in [5, 5.41) is 11.2. The fraction of sp³-hybridized carbons (Fsp3) is 0.235. The molecular weight excluding hydrogens is 307 g/mol. The number of hydrogen-bond donors (Lipinski definition) is 2. The highest BCUT2D eigenvalue weighted by Crippen LogP contribution is 2.29. The average molecular weight is 328 g/mol. The second kappa shape index (κ2) is 7.54. The van der Waals surface area contributed by atoms with Crippen LogP contribution >= 0.6 is 0 Å². The number of nitrogens with zero attached hydrogens (tertiary/aromatic N) is 4. The van der Waals surface area contributed by atoms with E-state index in [9.17, 15) is 4.39 Å². The molecule has 0 fully saturated rings. The van der Waals surface area contributed by atoms with Crippen LogP contribution in [0.5, 0.6) is 0 Å². The molecule has 126 valence electrons. The highest BCUT2D eigenvalue weighted by molar-refractivity contribution is 5.88. The standard InChI is InChI=1S/C15H15FN6.C2H6/c1-3-5-6-12-10(8-18-22(12)4-2)13-11(16)7-9-14(17)20-21-15(9)19-13;1-2/h4-8H,2-3H2,1H3,(H3,17,19,20,21);1-2H3/b6-5-;. The van der Waals surface area contributed by atoms with Crippen LogP contribution in [0.2, 0.25) is 0 Å². The predicted molar refractivity (Wildman–Crippen MR) is 96.5 cm³/mol. The SMILES string of the molecule is C=Cn1ncc(-c2nc3n[nH]c(N)c3cc2F)c1/C=C\CC.CC. The molecule has 3 aromatic rings. The molecule has 0 spiro atoms. The lowest BCUT2D eigenvalue weighted by molar-refractivity contribution is 0.628. The number of aromatic nitrogens is 5. The van der Waals surface area contributed by atoms with E-state index in [4.69, 9.17) is 5.73 Å². The third-order valence-corrected chi connectivity index (χ3v) is 3.30. The fourth-order valence-corrected chi connectivity index (χ4v) is 2.22. The normalized spacial score (nSPS) is 10.8. The van der Waals surface area contributed by atoms with Crippen molar-refractivity contribution in [2.24, 2.45) is 0 Å². The van der Waals surface area contributed by atoms with E-state index in [1.807, 2.05) is 32.9 Å². The lowest BCUT2D eigenvalue weighted by Gasteiger charge is -2.03. The Bertz CT molecular complexity index is 875. The highest BCUT2D eigenvalue weighted by Gasteiger charge is 2.17. The Morgan fingerprint density at radius 2 is 2.17 bits per heavy atom. The number of nitrogens with one attached hydrogen (secondary N) is 1. The molecule has 0 aliphatic heterocycles. The number of H-pyrrole nitrogens is 1. The van der Waals surface area contributed by atoms with E-state index in [2.05, 4.69) is 26.9 Å². The molecule has 7 heteroatoms. The first-order valence-electron chi connectivity index (χ1n) is 7.82. The van der Waals surface area contributed by atoms with Crippen molar-refractivity contribution >= 4 is 29.1 Å². The first kappa shape index (κ1) is 17.4. The number of halogens is 1. The average Bonchev–Trinajstić information content (AvgIpc) is 3.17. The van der Waals surface area contributed by atoms with Crippen LogP contribution in [0, 0.1) is 5.82 Å². The third kappa shape index (κ3) is 3.05. The number of rotatable bonds is 4. The summed E-state index contributed by atoms with van der Waals surface area (Å²) in [6, 6.07) is 1.33. The Morgan fingerprint density at radius 3 is 2.83 bits per heavy atom. The fourth-order valence-electron chi connectivity index (χ4n) is 2.22. The summed E-state index contributed by atoms with van der Waals surface area (Å²) >= 11 is 0. The van der Waals surface area contributed by atoms with Gasteiger partial charge in [-0.05, 0) is 18.6 Å². The lowest BCUT2D eigenvalue weighted by atomic mass is 10.1. The zero-order chi connectivity index (χ0) is 17.7. The molecule has 0 aromatic carbocycles. The number of nitrogens with two attached hydrogens (primary N) is 1. The molecule has 0 atom stereocenters. The van der Waals surface area contributed by atoms with E-state index in [1.165, 1.54) is 6.07 Å². The van der Waals surface area contributed by atoms with Gasteiger partial charge in [-0.2, -0.15) is 10.2 Å². The van der Waals surface area contributed by atoms with Crippen LogP contribution in [-0.2, 0) is 0 Å². The molecule has 3 N–H and O–H groups in total. The molecule has 0 unspecified atom stereocenters. The zero-order valence-corrected chi connectivity index (χ0v) is 14.0. The molecule has 0 saturated heterocycles. The summed E-state index contributed by atoms with van der Waals surface area (Å²) in [6.45, 7) is 9.72. The predicted octanol–water partition coefficient (Wildman–Crippen LogP) is 4.09. The maximum Gasteiger partial charge on any atom is 0.183 e. The van der Waals surface area contributed by atoms with Gasteiger partial charge in [0.1, 0.15) is 11.5 Å². The molecule has 0 aliphatic rings. The van der Waals surface area contributed by atoms with Crippen LogP contribution in [0.1, 0.15) is 32.9 Å². The molecule has 0 aliphatic carbocycles. The van der Waals surface area contributed by atoms with Crippen LogP contribution in [-0.4, -0.2) is 25.0 Å². The summed E-state index contributed by atoms with van der Waals surface area (Å²) in [7, 11) is 0. The van der Waals surface area contributed by atoms with Gasteiger partial charge in [-0.15, -0.1) is 0 Å². The van der Waals surface area contributed by atoms with E-state index in [1.54, 1.807) is 17.1 Å². The molecule has 0 bridgehead atoms. The second-order valence-electron chi connectivity index (χ2n) is 4.71. The number of hydrogen-bond acceptors (Lipinski definition) is 4. The van der Waals surface area contributed by atoms with E-state index >= 15 is 0 Å². The smallest absolute Gasteiger partial charge is 0.183 e. The molecule has 3 heterocycles. The van der Waals surface area contributed by atoms with Gasteiger partial charge < -0.3 is 5.73 Å². The first-order valence-corrected chi connectivity index (χ1v) is 7.82. The van der Waals surface area contributed by atoms with Crippen LogP contribution in [0.3, 0.4) is 0 Å². The zero-order valence-electron chi connectivity index (χ0n) is 14.0. The summed E-state index contributed by atoms with van der Waals surface area (Å²) in [4.78, 5) is 4.26. The van der Waals surface area contributed by atoms with E-state index < -0.39 is 5.82 Å². The van der Waals surface area contributed by atoms with Gasteiger partial charge in [-0.1, -0.05) is 33.4 Å². The monoisotopic (exact) mass is 328 g/mol. The molecule has 0 radical (unpaired) electrons. The Labute approximate surface area is 139 Å². The summed E-state index contributed by atoms with van der Waals surface area (Å²) in [5.74, 6) is -0.184. The van der Waals surface area contributed by atoms with Gasteiger partial charge in [-0.25, -0.2) is 14.1 Å². The number of fused-ring (bicyclic) bond motifs is 1. The Hall–Kier alpha value is -2.96. The lowest BCUT2D eigenvalue weighted by Crippen LogP contribution is -1.95. The largest absolute Gasteiger partial charge is 0.384 e. The quantitative estimate of drug-likeness (QED) is 0.755. The first-order chi connectivity index (χ1) is 11.7. The minimum Gasteiger partial charge on any atom is -0.384 e. The van der Waals surface area contributed by atoms with Gasteiger partial charge in [0.15, 0.2) is 11.5 Å². The topological polar surface area (TPSA) is 85.4 Å². The van der Waals surface area contributed by atoms with Gasteiger partial charge in [0.2, 0.25) is 0 Å².